The highest BCUT2D eigenvalue weighted by Gasteiger charge is 2.80. The van der Waals surface area contributed by atoms with E-state index in [4.69, 9.17) is 23.7 Å². The van der Waals surface area contributed by atoms with Crippen LogP contribution in [0.3, 0.4) is 0 Å². The number of methoxy groups -OCH3 is 2. The van der Waals surface area contributed by atoms with Crippen molar-refractivity contribution < 1.29 is 23.7 Å². The van der Waals surface area contributed by atoms with Gasteiger partial charge in [0.05, 0.1) is 20.3 Å². The van der Waals surface area contributed by atoms with Crippen LogP contribution in [0.5, 0.6) is 17.2 Å². The van der Waals surface area contributed by atoms with Crippen molar-refractivity contribution in [2.45, 2.75) is 81.3 Å². The van der Waals surface area contributed by atoms with E-state index in [2.05, 4.69) is 69.4 Å². The van der Waals surface area contributed by atoms with Gasteiger partial charge in [-0.2, -0.15) is 0 Å². The van der Waals surface area contributed by atoms with E-state index in [-0.39, 0.29) is 22.9 Å². The maximum Gasteiger partial charge on any atom is 0.166 e. The summed E-state index contributed by atoms with van der Waals surface area (Å²) < 4.78 is 33.7. The lowest BCUT2D eigenvalue weighted by molar-refractivity contribution is -0.283. The molecule has 6 atom stereocenters. The third-order valence-corrected chi connectivity index (χ3v) is 13.4. The van der Waals surface area contributed by atoms with Gasteiger partial charge in [0.2, 0.25) is 0 Å². The minimum Gasteiger partial charge on any atom is -0.497 e. The molecule has 0 radical (unpaired) electrons. The molecule has 46 heavy (non-hydrogen) atoms. The van der Waals surface area contributed by atoms with Crippen LogP contribution in [0.15, 0.2) is 65.1 Å². The fraction of sp³-hybridized carbons (Fsp3) is 0.538. The van der Waals surface area contributed by atoms with Crippen molar-refractivity contribution in [1.82, 2.24) is 4.90 Å². The Labute approximate surface area is 280 Å². The molecule has 5 aliphatic carbocycles. The minimum absolute atomic E-state index is 0.0425. The lowest BCUT2D eigenvalue weighted by Gasteiger charge is -2.74. The van der Waals surface area contributed by atoms with E-state index in [0.717, 1.165) is 65.4 Å². The van der Waals surface area contributed by atoms with Gasteiger partial charge >= 0.3 is 0 Å². The van der Waals surface area contributed by atoms with Gasteiger partial charge in [-0.1, -0.05) is 46.3 Å². The molecule has 0 N–H and O–H groups in total. The number of ether oxygens (including phenoxy) is 5. The second kappa shape index (κ2) is 11.0. The lowest BCUT2D eigenvalue weighted by atomic mass is 9.35. The van der Waals surface area contributed by atoms with E-state index in [0.29, 0.717) is 25.9 Å². The molecule has 2 unspecified atom stereocenters. The average molecular weight is 687 g/mol. The Morgan fingerprint density at radius 3 is 2.46 bits per heavy atom. The molecule has 3 aromatic carbocycles. The summed E-state index contributed by atoms with van der Waals surface area (Å²) >= 11 is 3.56. The Morgan fingerprint density at radius 1 is 0.913 bits per heavy atom. The van der Waals surface area contributed by atoms with Crippen LogP contribution in [0, 0.1) is 17.3 Å². The first-order chi connectivity index (χ1) is 22.5. The molecule has 7 heteroatoms. The number of fused-ring (bicyclic) bond motifs is 2. The molecule has 10 rings (SSSR count). The van der Waals surface area contributed by atoms with Crippen molar-refractivity contribution in [3.63, 3.8) is 0 Å². The molecule has 2 aliphatic heterocycles. The molecule has 1 saturated heterocycles. The summed E-state index contributed by atoms with van der Waals surface area (Å²) in [5, 5.41) is 0. The Bertz CT molecular complexity index is 1620. The summed E-state index contributed by atoms with van der Waals surface area (Å²) in [7, 11) is 3.62. The van der Waals surface area contributed by atoms with Crippen LogP contribution in [0.2, 0.25) is 0 Å². The van der Waals surface area contributed by atoms with E-state index < -0.39 is 5.60 Å². The van der Waals surface area contributed by atoms with Crippen molar-refractivity contribution in [2.75, 3.05) is 33.9 Å². The number of hydrogen-bond acceptors (Lipinski definition) is 6. The smallest absolute Gasteiger partial charge is 0.166 e. The van der Waals surface area contributed by atoms with E-state index in [1.807, 2.05) is 19.2 Å². The molecule has 6 nitrogen and oxygen atoms in total. The highest BCUT2D eigenvalue weighted by molar-refractivity contribution is 9.10. The fourth-order valence-electron chi connectivity index (χ4n) is 10.6. The van der Waals surface area contributed by atoms with E-state index in [1.54, 1.807) is 7.11 Å². The first-order valence-corrected chi connectivity index (χ1v) is 18.0. The molecule has 4 bridgehead atoms. The van der Waals surface area contributed by atoms with Gasteiger partial charge in [0.25, 0.3) is 0 Å². The highest BCUT2D eigenvalue weighted by atomic mass is 79.9. The largest absolute Gasteiger partial charge is 0.497 e. The van der Waals surface area contributed by atoms with Crippen molar-refractivity contribution in [3.8, 4) is 17.2 Å². The van der Waals surface area contributed by atoms with Gasteiger partial charge in [-0.25, -0.2) is 0 Å². The molecule has 0 amide bonds. The predicted octanol–water partition coefficient (Wildman–Crippen LogP) is 7.48. The molecule has 2 heterocycles. The zero-order valence-electron chi connectivity index (χ0n) is 26.9. The monoisotopic (exact) mass is 685 g/mol. The number of nitrogens with zero attached hydrogens (tertiary/aromatic N) is 1. The van der Waals surface area contributed by atoms with Crippen LogP contribution < -0.4 is 14.2 Å². The number of halogens is 1. The van der Waals surface area contributed by atoms with Gasteiger partial charge in [0.1, 0.15) is 24.1 Å². The third-order valence-electron chi connectivity index (χ3n) is 12.8. The van der Waals surface area contributed by atoms with Gasteiger partial charge < -0.3 is 23.7 Å². The number of rotatable bonds is 11. The molecule has 0 aromatic heterocycles. The van der Waals surface area contributed by atoms with Crippen molar-refractivity contribution in [1.29, 1.82) is 0 Å². The van der Waals surface area contributed by atoms with Crippen molar-refractivity contribution in [3.05, 3.63) is 87.4 Å². The summed E-state index contributed by atoms with van der Waals surface area (Å²) in [6, 6.07) is 21.7. The highest BCUT2D eigenvalue weighted by Crippen LogP contribution is 2.76. The summed E-state index contributed by atoms with van der Waals surface area (Å²) in [6.45, 7) is 4.17. The van der Waals surface area contributed by atoms with Crippen LogP contribution in [0.1, 0.15) is 60.8 Å². The van der Waals surface area contributed by atoms with Gasteiger partial charge in [-0.15, -0.1) is 0 Å². The average Bonchev–Trinajstić information content (AvgIpc) is 3.83. The summed E-state index contributed by atoms with van der Waals surface area (Å²) in [4.78, 5) is 2.90. The Kier molecular flexibility index (Phi) is 7.05. The zero-order chi connectivity index (χ0) is 31.1. The normalized spacial score (nSPS) is 33.4. The quantitative estimate of drug-likeness (QED) is 0.209. The molecular formula is C39H44BrNO5. The molecular weight excluding hydrogens is 642 g/mol. The first-order valence-electron chi connectivity index (χ1n) is 17.2. The summed E-state index contributed by atoms with van der Waals surface area (Å²) in [6.07, 6.45) is 8.29. The van der Waals surface area contributed by atoms with Crippen LogP contribution in [0.4, 0.5) is 0 Å². The molecule has 7 aliphatic rings. The van der Waals surface area contributed by atoms with Gasteiger partial charge in [0, 0.05) is 46.5 Å². The van der Waals surface area contributed by atoms with E-state index >= 15 is 0 Å². The first kappa shape index (κ1) is 29.6. The van der Waals surface area contributed by atoms with Crippen molar-refractivity contribution >= 4 is 15.9 Å². The summed E-state index contributed by atoms with van der Waals surface area (Å²) in [5.74, 6) is 3.84. The van der Waals surface area contributed by atoms with E-state index in [9.17, 15) is 0 Å². The molecule has 5 fully saturated rings. The fourth-order valence-corrected chi connectivity index (χ4v) is 10.9. The topological polar surface area (TPSA) is 49.4 Å². The maximum atomic E-state index is 7.35. The molecule has 242 valence electrons. The summed E-state index contributed by atoms with van der Waals surface area (Å²) in [5.41, 5.74) is 4.91. The second-order valence-corrected chi connectivity index (χ2v) is 15.7. The van der Waals surface area contributed by atoms with Crippen LogP contribution in [-0.4, -0.2) is 56.6 Å². The standard InChI is InChI=1S/C39H44BrNO5/c1-42-31-12-7-27(8-13-31)23-45-32-14-9-28-19-33-37-15-16-39(43-2,29(20-37)24-44-22-26-5-10-30(40)11-6-26)36-38(37,34(28)35(32)46-36)17-18-41(33)21-25-3-4-25/h5-14,25,29,33,36H,3-4,15-24H2,1-2H3/t29-,33-,36-,37?,38+,39?/m1/s1. The maximum absolute atomic E-state index is 7.35. The van der Waals surface area contributed by atoms with Gasteiger partial charge in [-0.3, -0.25) is 4.90 Å². The van der Waals surface area contributed by atoms with Crippen LogP contribution in [-0.2, 0) is 34.5 Å². The third kappa shape index (κ3) is 4.23. The second-order valence-electron chi connectivity index (χ2n) is 14.8. The van der Waals surface area contributed by atoms with Gasteiger partial charge in [0.15, 0.2) is 11.5 Å². The van der Waals surface area contributed by atoms with Gasteiger partial charge in [-0.05, 0) is 104 Å². The number of hydrogen-bond donors (Lipinski definition) is 0. The number of benzene rings is 3. The Hall–Kier alpha value is -2.58. The number of likely N-dealkylation sites (tertiary alicyclic amines) is 1. The Balaban J connectivity index is 1.08. The molecule has 3 aromatic rings. The van der Waals surface area contributed by atoms with Crippen LogP contribution in [0.25, 0.3) is 0 Å². The van der Waals surface area contributed by atoms with Crippen molar-refractivity contribution in [2.24, 2.45) is 17.3 Å². The minimum atomic E-state index is -0.397. The molecule has 4 saturated carbocycles. The Morgan fingerprint density at radius 2 is 1.70 bits per heavy atom. The number of piperidine rings is 1. The molecule has 2 spiro atoms. The lowest BCUT2D eigenvalue weighted by Crippen LogP contribution is -2.81. The van der Waals surface area contributed by atoms with E-state index in [1.165, 1.54) is 42.5 Å². The predicted molar refractivity (Wildman–Crippen MR) is 180 cm³/mol. The SMILES string of the molecule is COc1ccc(COc2ccc3c4c2O[C@H]2C5(OC)CCC6(C[C@@H]5COCc5ccc(Br)cc5)[C@@H](C3)N(CC3CC3)CC[C@]426)cc1. The zero-order valence-corrected chi connectivity index (χ0v) is 28.5. The van der Waals surface area contributed by atoms with Crippen LogP contribution >= 0.6 is 15.9 Å².